The summed E-state index contributed by atoms with van der Waals surface area (Å²) in [5.41, 5.74) is 3.46. The second-order valence-corrected chi connectivity index (χ2v) is 0.948. The van der Waals surface area contributed by atoms with E-state index in [1.807, 2.05) is 0 Å². The first-order valence-electron chi connectivity index (χ1n) is 2.03. The summed E-state index contributed by atoms with van der Waals surface area (Å²) in [6.07, 6.45) is 5.15. The highest BCUT2D eigenvalue weighted by atomic mass is 14.6. The zero-order chi connectivity index (χ0) is 5.54. The molecule has 38 valence electrons. The lowest BCUT2D eigenvalue weighted by Crippen LogP contribution is -2.38. The van der Waals surface area contributed by atoms with E-state index in [0.717, 1.165) is 0 Å². The van der Waals surface area contributed by atoms with Crippen LogP contribution in [0.4, 0.5) is 0 Å². The second kappa shape index (κ2) is 5.15. The van der Waals surface area contributed by atoms with Gasteiger partial charge in [-0.1, -0.05) is 0 Å². The molecule has 2 heteroatoms. The molecule has 7 heavy (non-hydrogen) atoms. The number of quaternary nitrogens is 1. The van der Waals surface area contributed by atoms with Gasteiger partial charge in [0.05, 0.1) is 6.20 Å². The normalized spacial score (nSPS) is 8.29. The summed E-state index contributed by atoms with van der Waals surface area (Å²) in [5, 5.41) is 0. The summed E-state index contributed by atoms with van der Waals surface area (Å²) in [4.78, 5) is 3.59. The Kier molecular flexibility index (Phi) is 4.52. The molecule has 0 fully saturated rings. The molecule has 0 aromatic rings. The van der Waals surface area contributed by atoms with Crippen molar-refractivity contribution in [2.24, 2.45) is 4.99 Å². The Hall–Kier alpha value is -0.850. The Labute approximate surface area is 43.1 Å². The molecule has 0 saturated carbocycles. The number of aliphatic imine (C=N–C) groups is 1. The fraction of sp³-hybridized carbons (Fsp3) is 0.200. The van der Waals surface area contributed by atoms with Crippen molar-refractivity contribution < 1.29 is 5.73 Å². The molecule has 0 radical (unpaired) electrons. The summed E-state index contributed by atoms with van der Waals surface area (Å²) in [5.74, 6) is 2.62. The third-order valence-corrected chi connectivity index (χ3v) is 0.436. The van der Waals surface area contributed by atoms with Crippen LogP contribution < -0.4 is 5.73 Å². The Morgan fingerprint density at radius 2 is 2.43 bits per heavy atom. The lowest BCUT2D eigenvalue weighted by atomic mass is 10.6. The lowest BCUT2D eigenvalue weighted by Gasteiger charge is -1.58. The van der Waals surface area contributed by atoms with Crippen molar-refractivity contribution in [3.8, 4) is 0 Å². The Balaban J connectivity index is 3.48. The third kappa shape index (κ3) is 5.15. The fourth-order valence-electron chi connectivity index (χ4n) is 0.186. The van der Waals surface area contributed by atoms with Crippen molar-refractivity contribution in [1.29, 1.82) is 0 Å². The summed E-state index contributed by atoms with van der Waals surface area (Å²) in [6.45, 7) is 0. The van der Waals surface area contributed by atoms with E-state index in [1.54, 1.807) is 25.4 Å². The van der Waals surface area contributed by atoms with Crippen LogP contribution in [0.5, 0.6) is 0 Å². The van der Waals surface area contributed by atoms with Gasteiger partial charge in [-0.3, -0.25) is 0 Å². The van der Waals surface area contributed by atoms with Crippen LogP contribution >= 0.6 is 0 Å². The summed E-state index contributed by atoms with van der Waals surface area (Å²) >= 11 is 0. The summed E-state index contributed by atoms with van der Waals surface area (Å²) < 4.78 is 0. The molecule has 0 unspecified atom stereocenters. The van der Waals surface area contributed by atoms with E-state index in [2.05, 4.69) is 16.6 Å². The number of hydrogen-bond donors (Lipinski definition) is 1. The van der Waals surface area contributed by atoms with E-state index in [9.17, 15) is 0 Å². The third-order valence-electron chi connectivity index (χ3n) is 0.436. The molecule has 0 aliphatic rings. The van der Waals surface area contributed by atoms with Gasteiger partial charge in [0.15, 0.2) is 0 Å². The molecule has 0 atom stereocenters. The molecule has 0 aromatic carbocycles. The molecule has 0 amide bonds. The van der Waals surface area contributed by atoms with E-state index < -0.39 is 0 Å². The van der Waals surface area contributed by atoms with Gasteiger partial charge in [-0.15, -0.1) is 0 Å². The molecule has 0 aromatic heterocycles. The molecule has 2 nitrogen and oxygen atoms in total. The molecule has 0 saturated heterocycles. The van der Waals surface area contributed by atoms with Gasteiger partial charge in [0.2, 0.25) is 0 Å². The Morgan fingerprint density at radius 3 is 2.86 bits per heavy atom. The van der Waals surface area contributed by atoms with Gasteiger partial charge in [-0.05, 0) is 5.87 Å². The van der Waals surface area contributed by atoms with Gasteiger partial charge in [0, 0.05) is 19.2 Å². The van der Waals surface area contributed by atoms with Crippen molar-refractivity contribution >= 4 is 5.87 Å². The van der Waals surface area contributed by atoms with Gasteiger partial charge < -0.3 is 5.73 Å². The van der Waals surface area contributed by atoms with Gasteiger partial charge >= 0.3 is 0 Å². The number of allylic oxidation sites excluding steroid dienone is 2. The van der Waals surface area contributed by atoms with Crippen LogP contribution in [0.15, 0.2) is 23.3 Å². The maximum absolute atomic E-state index is 3.59. The monoisotopic (exact) mass is 97.1 g/mol. The van der Waals surface area contributed by atoms with Gasteiger partial charge in [0.1, 0.15) is 0 Å². The fourth-order valence-corrected chi connectivity index (χ4v) is 0.186. The van der Waals surface area contributed by atoms with Crippen LogP contribution in [0, 0.1) is 0 Å². The van der Waals surface area contributed by atoms with Crippen molar-refractivity contribution in [3.63, 3.8) is 0 Å². The molecular formula is C5H9N2+. The molecule has 0 spiro atoms. The van der Waals surface area contributed by atoms with E-state index >= 15 is 0 Å². The summed E-state index contributed by atoms with van der Waals surface area (Å²) in [7, 11) is 1.67. The number of nitrogens with zero attached hydrogens (tertiary/aromatic N) is 1. The van der Waals surface area contributed by atoms with Crippen LogP contribution in [-0.2, 0) is 0 Å². The first-order chi connectivity index (χ1) is 3.41. The van der Waals surface area contributed by atoms with Crippen molar-refractivity contribution in [2.75, 3.05) is 7.05 Å². The minimum atomic E-state index is 1.67. The maximum Gasteiger partial charge on any atom is 0.0916 e. The molecule has 3 N–H and O–H groups in total. The SMILES string of the molecule is CN=C=CC=C[NH3+]. The Morgan fingerprint density at radius 1 is 1.71 bits per heavy atom. The zero-order valence-corrected chi connectivity index (χ0v) is 4.39. The average molecular weight is 97.1 g/mol. The molecule has 0 bridgehead atoms. The van der Waals surface area contributed by atoms with E-state index in [4.69, 9.17) is 0 Å². The van der Waals surface area contributed by atoms with Crippen molar-refractivity contribution in [1.82, 2.24) is 0 Å². The molecule has 0 rings (SSSR count). The standard InChI is InChI=1S/C5H8N2/c1-7-5-3-2-4-6/h2-4H,6H2,1H3/p+1. The highest BCUT2D eigenvalue weighted by Crippen LogP contribution is 1.58. The number of rotatable bonds is 1. The predicted octanol–water partition coefficient (Wildman–Crippen LogP) is -0.402. The zero-order valence-electron chi connectivity index (χ0n) is 4.39. The average Bonchev–Trinajstić information content (AvgIpc) is 1.69. The smallest absolute Gasteiger partial charge is 0.0916 e. The lowest BCUT2D eigenvalue weighted by molar-refractivity contribution is -0.274. The highest BCUT2D eigenvalue weighted by molar-refractivity contribution is 5.54. The predicted molar refractivity (Wildman–Crippen MR) is 30.0 cm³/mol. The van der Waals surface area contributed by atoms with E-state index in [1.165, 1.54) is 0 Å². The number of hydrogen-bond acceptors (Lipinski definition) is 1. The van der Waals surface area contributed by atoms with E-state index in [0.29, 0.717) is 0 Å². The molecular weight excluding hydrogens is 88.1 g/mol. The molecule has 0 heterocycles. The highest BCUT2D eigenvalue weighted by Gasteiger charge is 1.52. The van der Waals surface area contributed by atoms with Crippen molar-refractivity contribution in [2.45, 2.75) is 0 Å². The van der Waals surface area contributed by atoms with Gasteiger partial charge in [0.25, 0.3) is 0 Å². The molecule has 0 aliphatic carbocycles. The molecule has 0 aliphatic heterocycles. The van der Waals surface area contributed by atoms with Crippen LogP contribution in [0.2, 0.25) is 0 Å². The Bertz CT molecular complexity index is 107. The largest absolute Gasteiger partial charge is 0.331 e. The quantitative estimate of drug-likeness (QED) is 0.341. The van der Waals surface area contributed by atoms with Crippen molar-refractivity contribution in [3.05, 3.63) is 18.4 Å². The first-order valence-corrected chi connectivity index (χ1v) is 2.03. The van der Waals surface area contributed by atoms with Crippen LogP contribution in [0.1, 0.15) is 0 Å². The van der Waals surface area contributed by atoms with Gasteiger partial charge in [-0.2, -0.15) is 0 Å². The topological polar surface area (TPSA) is 40.0 Å². The van der Waals surface area contributed by atoms with Crippen LogP contribution in [-0.4, -0.2) is 12.9 Å². The minimum absolute atomic E-state index is 1.67. The van der Waals surface area contributed by atoms with Crippen LogP contribution in [0.3, 0.4) is 0 Å². The maximum atomic E-state index is 3.59. The first kappa shape index (κ1) is 6.15. The minimum Gasteiger partial charge on any atom is -0.331 e. The van der Waals surface area contributed by atoms with Gasteiger partial charge in [-0.25, -0.2) is 4.99 Å². The second-order valence-electron chi connectivity index (χ2n) is 0.948. The van der Waals surface area contributed by atoms with E-state index in [-0.39, 0.29) is 0 Å². The summed E-state index contributed by atoms with van der Waals surface area (Å²) in [6, 6.07) is 0. The van der Waals surface area contributed by atoms with Crippen LogP contribution in [0.25, 0.3) is 0 Å².